The van der Waals surface area contributed by atoms with Gasteiger partial charge in [-0.2, -0.15) is 5.10 Å². The maximum atomic E-state index is 13.2. The third-order valence-corrected chi connectivity index (χ3v) is 6.24. The molecular weight excluding hydrogens is 444 g/mol. The van der Waals surface area contributed by atoms with Gasteiger partial charge in [0.1, 0.15) is 17.2 Å². The van der Waals surface area contributed by atoms with Crippen molar-refractivity contribution in [3.8, 4) is 11.5 Å². The highest BCUT2D eigenvalue weighted by molar-refractivity contribution is 5.92. The van der Waals surface area contributed by atoms with Gasteiger partial charge in [-0.3, -0.25) is 14.7 Å². The van der Waals surface area contributed by atoms with Crippen molar-refractivity contribution in [1.29, 1.82) is 0 Å². The number of H-pyrrole nitrogens is 1. The fourth-order valence-corrected chi connectivity index (χ4v) is 4.63. The second kappa shape index (κ2) is 9.92. The predicted octanol–water partition coefficient (Wildman–Crippen LogP) is 3.48. The molecule has 182 valence electrons. The van der Waals surface area contributed by atoms with Crippen LogP contribution >= 0.6 is 0 Å². The highest BCUT2D eigenvalue weighted by atomic mass is 16.5. The Morgan fingerprint density at radius 2 is 1.83 bits per heavy atom. The lowest BCUT2D eigenvalue weighted by Crippen LogP contribution is -2.44. The number of amides is 2. The Hall–Kier alpha value is -3.65. The minimum atomic E-state index is -0.337. The molecule has 3 aromatic rings. The van der Waals surface area contributed by atoms with Gasteiger partial charge in [0, 0.05) is 18.8 Å². The van der Waals surface area contributed by atoms with E-state index in [-0.39, 0.29) is 30.4 Å². The van der Waals surface area contributed by atoms with Gasteiger partial charge < -0.3 is 19.7 Å². The van der Waals surface area contributed by atoms with Crippen LogP contribution in [0.1, 0.15) is 41.2 Å². The van der Waals surface area contributed by atoms with Crippen molar-refractivity contribution in [2.45, 2.75) is 45.4 Å². The van der Waals surface area contributed by atoms with E-state index in [1.807, 2.05) is 54.6 Å². The summed E-state index contributed by atoms with van der Waals surface area (Å²) >= 11 is 0. The van der Waals surface area contributed by atoms with E-state index in [2.05, 4.69) is 29.4 Å². The van der Waals surface area contributed by atoms with Crippen LogP contribution in [0.15, 0.2) is 54.6 Å². The molecule has 1 saturated heterocycles. The first-order valence-corrected chi connectivity index (χ1v) is 12.0. The summed E-state index contributed by atoms with van der Waals surface area (Å²) in [5.41, 5.74) is 3.14. The van der Waals surface area contributed by atoms with Crippen molar-refractivity contribution in [3.63, 3.8) is 0 Å². The molecule has 0 radical (unpaired) electrons. The minimum absolute atomic E-state index is 0.121. The normalized spacial score (nSPS) is 20.1. The standard InChI is InChI=1S/C27H30N4O4/c1-17(2)9-20-13-23(30-29-20)27(33)31-14-24-25(15-31)34-16-19-6-4-8-22(11-19)35-21-7-3-5-18(10-21)12-26(32)28-24/h3-8,10-11,13,17,24-25H,9,12,14-16H2,1-2H3,(H,28,32)(H,29,30)/t24-,25-/m0/s1. The molecule has 2 aromatic carbocycles. The predicted molar refractivity (Wildman–Crippen MR) is 130 cm³/mol. The molecule has 0 spiro atoms. The summed E-state index contributed by atoms with van der Waals surface area (Å²) in [6, 6.07) is 16.8. The van der Waals surface area contributed by atoms with E-state index in [4.69, 9.17) is 9.47 Å². The summed E-state index contributed by atoms with van der Waals surface area (Å²) in [7, 11) is 0. The molecule has 2 amide bonds. The molecule has 1 aromatic heterocycles. The molecule has 2 atom stereocenters. The van der Waals surface area contributed by atoms with Gasteiger partial charge in [0.2, 0.25) is 5.91 Å². The number of rotatable bonds is 3. The Balaban J connectivity index is 1.36. The molecule has 2 aliphatic heterocycles. The van der Waals surface area contributed by atoms with Crippen molar-refractivity contribution in [3.05, 3.63) is 77.1 Å². The largest absolute Gasteiger partial charge is 0.457 e. The van der Waals surface area contributed by atoms with Crippen LogP contribution in [0.3, 0.4) is 0 Å². The number of ether oxygens (including phenoxy) is 2. The highest BCUT2D eigenvalue weighted by Gasteiger charge is 2.38. The zero-order valence-corrected chi connectivity index (χ0v) is 20.0. The summed E-state index contributed by atoms with van der Waals surface area (Å²) in [6.07, 6.45) is 0.705. The fraction of sp³-hybridized carbons (Fsp3) is 0.370. The Kier molecular flexibility index (Phi) is 6.55. The van der Waals surface area contributed by atoms with E-state index in [1.54, 1.807) is 4.90 Å². The summed E-state index contributed by atoms with van der Waals surface area (Å²) in [5.74, 6) is 1.56. The highest BCUT2D eigenvalue weighted by Crippen LogP contribution is 2.25. The van der Waals surface area contributed by atoms with Crippen molar-refractivity contribution < 1.29 is 19.1 Å². The number of likely N-dealkylation sites (tertiary alicyclic amines) is 1. The Bertz CT molecular complexity index is 1220. The van der Waals surface area contributed by atoms with Gasteiger partial charge >= 0.3 is 0 Å². The van der Waals surface area contributed by atoms with Gasteiger partial charge in [-0.1, -0.05) is 38.1 Å². The van der Waals surface area contributed by atoms with E-state index in [9.17, 15) is 9.59 Å². The number of aromatic nitrogens is 2. The van der Waals surface area contributed by atoms with Crippen LogP contribution in [0.4, 0.5) is 0 Å². The van der Waals surface area contributed by atoms with Gasteiger partial charge in [0.25, 0.3) is 5.91 Å². The number of hydrogen-bond donors (Lipinski definition) is 2. The lowest BCUT2D eigenvalue weighted by Gasteiger charge is -2.21. The molecule has 0 unspecified atom stereocenters. The van der Waals surface area contributed by atoms with Gasteiger partial charge in [0.05, 0.1) is 25.2 Å². The van der Waals surface area contributed by atoms with Crippen LogP contribution in [0, 0.1) is 5.92 Å². The van der Waals surface area contributed by atoms with Crippen molar-refractivity contribution in [1.82, 2.24) is 20.4 Å². The van der Waals surface area contributed by atoms with E-state index >= 15 is 0 Å². The first kappa shape index (κ1) is 23.1. The fourth-order valence-electron chi connectivity index (χ4n) is 4.63. The summed E-state index contributed by atoms with van der Waals surface area (Å²) in [4.78, 5) is 27.8. The molecular formula is C27H30N4O4. The van der Waals surface area contributed by atoms with Crippen LogP contribution in [-0.2, 0) is 29.0 Å². The molecule has 3 heterocycles. The summed E-state index contributed by atoms with van der Waals surface area (Å²) < 4.78 is 12.2. The molecule has 0 aliphatic carbocycles. The third-order valence-electron chi connectivity index (χ3n) is 6.24. The zero-order valence-electron chi connectivity index (χ0n) is 20.0. The van der Waals surface area contributed by atoms with E-state index in [1.165, 1.54) is 0 Å². The van der Waals surface area contributed by atoms with E-state index in [0.29, 0.717) is 42.8 Å². The quantitative estimate of drug-likeness (QED) is 0.606. The molecule has 2 aliphatic rings. The van der Waals surface area contributed by atoms with Gasteiger partial charge in [-0.15, -0.1) is 0 Å². The molecule has 4 bridgehead atoms. The number of carbonyl (C=O) groups is 2. The average molecular weight is 475 g/mol. The SMILES string of the molecule is CC(C)Cc1cc(C(=O)N2C[C@@H]3NC(=O)Cc4cccc(c4)Oc4cccc(c4)CO[C@H]3C2)n[nH]1. The van der Waals surface area contributed by atoms with Crippen LogP contribution < -0.4 is 10.1 Å². The molecule has 8 heteroatoms. The average Bonchev–Trinajstić information content (AvgIpc) is 3.44. The third kappa shape index (κ3) is 5.54. The Labute approximate surface area is 204 Å². The van der Waals surface area contributed by atoms with Gasteiger partial charge in [-0.25, -0.2) is 0 Å². The Morgan fingerprint density at radius 3 is 2.60 bits per heavy atom. The van der Waals surface area contributed by atoms with Crippen LogP contribution in [0.25, 0.3) is 0 Å². The van der Waals surface area contributed by atoms with Crippen LogP contribution in [0.5, 0.6) is 11.5 Å². The number of aromatic amines is 1. The number of hydrogen-bond acceptors (Lipinski definition) is 5. The molecule has 35 heavy (non-hydrogen) atoms. The molecule has 1 fully saturated rings. The number of carbonyl (C=O) groups excluding carboxylic acids is 2. The first-order valence-electron chi connectivity index (χ1n) is 12.0. The minimum Gasteiger partial charge on any atom is -0.457 e. The lowest BCUT2D eigenvalue weighted by molar-refractivity contribution is -0.122. The first-order chi connectivity index (χ1) is 16.9. The molecule has 8 nitrogen and oxygen atoms in total. The Morgan fingerprint density at radius 1 is 1.09 bits per heavy atom. The topological polar surface area (TPSA) is 96.6 Å². The zero-order chi connectivity index (χ0) is 24.4. The number of fused-ring (bicyclic) bond motifs is 5. The van der Waals surface area contributed by atoms with Crippen molar-refractivity contribution >= 4 is 11.8 Å². The number of benzene rings is 2. The number of nitrogens with one attached hydrogen (secondary N) is 2. The van der Waals surface area contributed by atoms with E-state index < -0.39 is 0 Å². The number of nitrogens with zero attached hydrogens (tertiary/aromatic N) is 2. The second-order valence-electron chi connectivity index (χ2n) is 9.68. The van der Waals surface area contributed by atoms with Crippen LogP contribution in [-0.4, -0.2) is 52.1 Å². The molecule has 0 saturated carbocycles. The molecule has 5 rings (SSSR count). The maximum absolute atomic E-state index is 13.2. The lowest BCUT2D eigenvalue weighted by atomic mass is 10.1. The monoisotopic (exact) mass is 474 g/mol. The smallest absolute Gasteiger partial charge is 0.274 e. The van der Waals surface area contributed by atoms with Crippen LogP contribution in [0.2, 0.25) is 0 Å². The maximum Gasteiger partial charge on any atom is 0.274 e. The van der Waals surface area contributed by atoms with Crippen molar-refractivity contribution in [2.24, 2.45) is 5.92 Å². The van der Waals surface area contributed by atoms with Crippen molar-refractivity contribution in [2.75, 3.05) is 13.1 Å². The molecule has 2 N–H and O–H groups in total. The second-order valence-corrected chi connectivity index (χ2v) is 9.68. The van der Waals surface area contributed by atoms with E-state index in [0.717, 1.165) is 23.2 Å². The van der Waals surface area contributed by atoms with Gasteiger partial charge in [0.15, 0.2) is 0 Å². The summed E-state index contributed by atoms with van der Waals surface area (Å²) in [6.45, 7) is 5.33. The van der Waals surface area contributed by atoms with Gasteiger partial charge in [-0.05, 0) is 53.8 Å². The summed E-state index contributed by atoms with van der Waals surface area (Å²) in [5, 5.41) is 10.3.